The average Bonchev–Trinajstić information content (AvgIpc) is 2.88. The van der Waals surface area contributed by atoms with Crippen molar-refractivity contribution in [2.45, 2.75) is 38.8 Å². The lowest BCUT2D eigenvalue weighted by molar-refractivity contribution is 0.173. The van der Waals surface area contributed by atoms with Crippen molar-refractivity contribution in [3.8, 4) is 0 Å². The minimum absolute atomic E-state index is 0.382. The second-order valence-electron chi connectivity index (χ2n) is 6.50. The van der Waals surface area contributed by atoms with Crippen molar-refractivity contribution >= 4 is 18.7 Å². The molecular formula is C19H24OSi. The van der Waals surface area contributed by atoms with Crippen LogP contribution in [0, 0.1) is 5.92 Å². The molecule has 0 radical (unpaired) electrons. The Balaban J connectivity index is 2.13. The fourth-order valence-electron chi connectivity index (χ4n) is 3.57. The quantitative estimate of drug-likeness (QED) is 0.787. The van der Waals surface area contributed by atoms with Crippen LogP contribution in [0.1, 0.15) is 27.2 Å². The summed E-state index contributed by atoms with van der Waals surface area (Å²) in [5.74, 6) is 0.578. The molecule has 3 rings (SSSR count). The summed E-state index contributed by atoms with van der Waals surface area (Å²) in [6.07, 6.45) is 1.56. The highest BCUT2D eigenvalue weighted by Crippen LogP contribution is 2.39. The molecule has 21 heavy (non-hydrogen) atoms. The summed E-state index contributed by atoms with van der Waals surface area (Å²) in [5.41, 5.74) is 0.606. The molecule has 110 valence electrons. The smallest absolute Gasteiger partial charge is 0.259 e. The van der Waals surface area contributed by atoms with Crippen molar-refractivity contribution in [1.29, 1.82) is 0 Å². The molecule has 0 bridgehead atoms. The lowest BCUT2D eigenvalue weighted by atomic mass is 10.0. The summed E-state index contributed by atoms with van der Waals surface area (Å²) >= 11 is 0. The van der Waals surface area contributed by atoms with Crippen LogP contribution in [0.4, 0.5) is 0 Å². The van der Waals surface area contributed by atoms with E-state index in [4.69, 9.17) is 4.43 Å². The minimum atomic E-state index is -2.11. The highest BCUT2D eigenvalue weighted by Gasteiger charge is 2.52. The van der Waals surface area contributed by atoms with Gasteiger partial charge in [-0.25, -0.2) is 0 Å². The second kappa shape index (κ2) is 5.78. The standard InChI is InChI=1S/C19H24OSi/c1-15(2)19-14-16(3)21(20-19,17-10-6-4-7-11-17)18-12-8-5-9-13-18/h4-13,15-16,19H,14H2,1-3H3/t16-,19+/m0/s1. The zero-order chi connectivity index (χ0) is 14.9. The van der Waals surface area contributed by atoms with Crippen molar-refractivity contribution < 1.29 is 4.43 Å². The third-order valence-electron chi connectivity index (χ3n) is 4.77. The SMILES string of the molecule is CC(C)[C@H]1C[C@H](C)[Si](c2ccccc2)(c2ccccc2)O1. The van der Waals surface area contributed by atoms with Gasteiger partial charge in [0.15, 0.2) is 0 Å². The summed E-state index contributed by atoms with van der Waals surface area (Å²) in [6, 6.07) is 21.8. The van der Waals surface area contributed by atoms with E-state index in [1.165, 1.54) is 16.8 Å². The van der Waals surface area contributed by atoms with Gasteiger partial charge in [0.1, 0.15) is 0 Å². The fraction of sp³-hybridized carbons (Fsp3) is 0.368. The molecular weight excluding hydrogens is 272 g/mol. The van der Waals surface area contributed by atoms with Crippen molar-refractivity contribution in [2.24, 2.45) is 5.92 Å². The molecule has 2 atom stereocenters. The molecule has 2 aromatic rings. The first-order valence-electron chi connectivity index (χ1n) is 7.93. The van der Waals surface area contributed by atoms with Gasteiger partial charge in [0.25, 0.3) is 8.32 Å². The molecule has 0 amide bonds. The van der Waals surface area contributed by atoms with Crippen molar-refractivity contribution in [3.63, 3.8) is 0 Å². The summed E-state index contributed by atoms with van der Waals surface area (Å²) in [4.78, 5) is 0. The van der Waals surface area contributed by atoms with Gasteiger partial charge < -0.3 is 4.43 Å². The summed E-state index contributed by atoms with van der Waals surface area (Å²) in [7, 11) is -2.11. The van der Waals surface area contributed by atoms with Crippen LogP contribution in [0.15, 0.2) is 60.7 Å². The molecule has 2 aromatic carbocycles. The summed E-state index contributed by atoms with van der Waals surface area (Å²) in [5, 5.41) is 2.82. The molecule has 0 N–H and O–H groups in total. The first-order valence-corrected chi connectivity index (χ1v) is 9.92. The highest BCUT2D eigenvalue weighted by molar-refractivity contribution is 6.98. The third kappa shape index (κ3) is 2.47. The van der Waals surface area contributed by atoms with Crippen LogP contribution >= 0.6 is 0 Å². The second-order valence-corrected chi connectivity index (χ2v) is 10.4. The number of hydrogen-bond donors (Lipinski definition) is 0. The average molecular weight is 296 g/mol. The van der Waals surface area contributed by atoms with Gasteiger partial charge in [-0.3, -0.25) is 0 Å². The number of benzene rings is 2. The molecule has 2 heteroatoms. The van der Waals surface area contributed by atoms with E-state index in [-0.39, 0.29) is 0 Å². The normalized spacial score (nSPS) is 24.4. The zero-order valence-corrected chi connectivity index (χ0v) is 14.1. The van der Waals surface area contributed by atoms with Crippen LogP contribution in [0.2, 0.25) is 5.54 Å². The van der Waals surface area contributed by atoms with Gasteiger partial charge in [0.2, 0.25) is 0 Å². The van der Waals surface area contributed by atoms with E-state index in [1.54, 1.807) is 0 Å². The van der Waals surface area contributed by atoms with Crippen LogP contribution in [0.3, 0.4) is 0 Å². The van der Waals surface area contributed by atoms with Gasteiger partial charge in [-0.2, -0.15) is 0 Å². The molecule has 1 aliphatic heterocycles. The molecule has 1 nitrogen and oxygen atoms in total. The first kappa shape index (κ1) is 14.5. The Morgan fingerprint density at radius 2 is 1.38 bits per heavy atom. The predicted octanol–water partition coefficient (Wildman–Crippen LogP) is 3.58. The lowest BCUT2D eigenvalue weighted by Gasteiger charge is -2.32. The van der Waals surface area contributed by atoms with E-state index >= 15 is 0 Å². The van der Waals surface area contributed by atoms with Gasteiger partial charge in [0.05, 0.1) is 0 Å². The zero-order valence-electron chi connectivity index (χ0n) is 13.1. The molecule has 1 fully saturated rings. The third-order valence-corrected chi connectivity index (χ3v) is 9.45. The highest BCUT2D eigenvalue weighted by atomic mass is 28.4. The predicted molar refractivity (Wildman–Crippen MR) is 91.7 cm³/mol. The Bertz CT molecular complexity index is 540. The van der Waals surface area contributed by atoms with E-state index in [9.17, 15) is 0 Å². The van der Waals surface area contributed by atoms with Gasteiger partial charge in [-0.1, -0.05) is 81.4 Å². The number of rotatable bonds is 3. The van der Waals surface area contributed by atoms with Crippen LogP contribution in [0.25, 0.3) is 0 Å². The monoisotopic (exact) mass is 296 g/mol. The van der Waals surface area contributed by atoms with E-state index < -0.39 is 8.32 Å². The maximum absolute atomic E-state index is 6.83. The van der Waals surface area contributed by atoms with Gasteiger partial charge in [-0.05, 0) is 28.3 Å². The molecule has 0 aromatic heterocycles. The molecule has 1 aliphatic rings. The molecule has 1 saturated heterocycles. The van der Waals surface area contributed by atoms with E-state index in [1.807, 2.05) is 0 Å². The van der Waals surface area contributed by atoms with Crippen molar-refractivity contribution in [1.82, 2.24) is 0 Å². The largest absolute Gasteiger partial charge is 0.404 e. The lowest BCUT2D eigenvalue weighted by Crippen LogP contribution is -2.61. The maximum Gasteiger partial charge on any atom is 0.259 e. The van der Waals surface area contributed by atoms with E-state index in [0.29, 0.717) is 17.6 Å². The fourth-order valence-corrected chi connectivity index (χ4v) is 8.33. The van der Waals surface area contributed by atoms with Crippen LogP contribution in [0.5, 0.6) is 0 Å². The topological polar surface area (TPSA) is 9.23 Å². The van der Waals surface area contributed by atoms with Crippen LogP contribution in [-0.2, 0) is 4.43 Å². The van der Waals surface area contributed by atoms with Gasteiger partial charge >= 0.3 is 0 Å². The Labute approximate surface area is 129 Å². The summed E-state index contributed by atoms with van der Waals surface area (Å²) < 4.78 is 6.83. The Kier molecular flexibility index (Phi) is 4.00. The molecule has 0 aliphatic carbocycles. The number of hydrogen-bond acceptors (Lipinski definition) is 1. The van der Waals surface area contributed by atoms with Gasteiger partial charge in [-0.15, -0.1) is 0 Å². The van der Waals surface area contributed by atoms with Crippen LogP contribution in [-0.4, -0.2) is 14.4 Å². The summed E-state index contributed by atoms with van der Waals surface area (Å²) in [6.45, 7) is 6.93. The Morgan fingerprint density at radius 1 is 0.905 bits per heavy atom. The van der Waals surface area contributed by atoms with E-state index in [0.717, 1.165) is 0 Å². The van der Waals surface area contributed by atoms with E-state index in [2.05, 4.69) is 81.4 Å². The maximum atomic E-state index is 6.83. The minimum Gasteiger partial charge on any atom is -0.404 e. The molecule has 0 unspecified atom stereocenters. The van der Waals surface area contributed by atoms with Crippen LogP contribution < -0.4 is 10.4 Å². The van der Waals surface area contributed by atoms with Crippen molar-refractivity contribution in [3.05, 3.63) is 60.7 Å². The molecule has 1 heterocycles. The Hall–Kier alpha value is -1.38. The van der Waals surface area contributed by atoms with Gasteiger partial charge in [0, 0.05) is 6.10 Å². The molecule has 0 spiro atoms. The molecule has 0 saturated carbocycles. The first-order chi connectivity index (χ1) is 10.1. The Morgan fingerprint density at radius 3 is 1.76 bits per heavy atom. The van der Waals surface area contributed by atoms with Crippen molar-refractivity contribution in [2.75, 3.05) is 0 Å².